The molecule has 0 saturated heterocycles. The molecule has 0 bridgehead atoms. The van der Waals surface area contributed by atoms with Gasteiger partial charge in [-0.2, -0.15) is 0 Å². The highest BCUT2D eigenvalue weighted by Crippen LogP contribution is 2.00. The van der Waals surface area contributed by atoms with Crippen LogP contribution in [0.15, 0.2) is 4.99 Å². The molecule has 0 aromatic carbocycles. The lowest BCUT2D eigenvalue weighted by atomic mass is 10.1. The second-order valence-electron chi connectivity index (χ2n) is 4.59. The van der Waals surface area contributed by atoms with Gasteiger partial charge in [0.25, 0.3) is 0 Å². The number of nitrogens with zero attached hydrogens (tertiary/aromatic N) is 1. The van der Waals surface area contributed by atoms with Crippen molar-refractivity contribution in [1.82, 2.24) is 5.32 Å². The zero-order chi connectivity index (χ0) is 15.4. The van der Waals surface area contributed by atoms with Crippen LogP contribution >= 0.6 is 0 Å². The van der Waals surface area contributed by atoms with Crippen LogP contribution in [0.25, 0.3) is 0 Å². The van der Waals surface area contributed by atoms with E-state index in [4.69, 9.17) is 22.9 Å². The van der Waals surface area contributed by atoms with Crippen molar-refractivity contribution in [1.29, 1.82) is 0 Å². The highest BCUT2D eigenvalue weighted by atomic mass is 16.2. The lowest BCUT2D eigenvalue weighted by Crippen LogP contribution is -2.46. The second kappa shape index (κ2) is 11.2. The molecule has 0 saturated carbocycles. The normalized spacial score (nSPS) is 13.3. The highest BCUT2D eigenvalue weighted by molar-refractivity contribution is 5.84. The maximum absolute atomic E-state index is 11.8. The van der Waals surface area contributed by atoms with Crippen LogP contribution in [-0.4, -0.2) is 43.3 Å². The monoisotopic (exact) mass is 286 g/mol. The molecule has 8 nitrogen and oxygen atoms in total. The SMILES string of the molecule is NCCCCC(N)C(=O)NC(C=O)CCCN=C(N)N. The Hall–Kier alpha value is -1.67. The molecule has 0 aromatic heterocycles. The molecule has 2 unspecified atom stereocenters. The van der Waals surface area contributed by atoms with Gasteiger partial charge in [0.15, 0.2) is 5.96 Å². The quantitative estimate of drug-likeness (QED) is 0.130. The van der Waals surface area contributed by atoms with Crippen LogP contribution in [0, 0.1) is 0 Å². The van der Waals surface area contributed by atoms with Crippen molar-refractivity contribution in [3.63, 3.8) is 0 Å². The van der Waals surface area contributed by atoms with E-state index in [2.05, 4.69) is 10.3 Å². The Labute approximate surface area is 119 Å². The van der Waals surface area contributed by atoms with Gasteiger partial charge in [0, 0.05) is 6.54 Å². The van der Waals surface area contributed by atoms with Crippen LogP contribution in [0.5, 0.6) is 0 Å². The first kappa shape index (κ1) is 18.3. The number of carbonyl (C=O) groups is 2. The zero-order valence-corrected chi connectivity index (χ0v) is 11.8. The van der Waals surface area contributed by atoms with E-state index < -0.39 is 12.1 Å². The molecule has 116 valence electrons. The zero-order valence-electron chi connectivity index (χ0n) is 11.8. The molecule has 0 heterocycles. The van der Waals surface area contributed by atoms with Crippen LogP contribution in [-0.2, 0) is 9.59 Å². The number of amides is 1. The Bertz CT molecular complexity index is 317. The van der Waals surface area contributed by atoms with Crippen molar-refractivity contribution in [2.45, 2.75) is 44.2 Å². The van der Waals surface area contributed by atoms with Gasteiger partial charge >= 0.3 is 0 Å². The summed E-state index contributed by atoms with van der Waals surface area (Å²) in [6, 6.07) is -1.17. The van der Waals surface area contributed by atoms with Crippen LogP contribution in [0.3, 0.4) is 0 Å². The van der Waals surface area contributed by atoms with Gasteiger partial charge in [-0.25, -0.2) is 0 Å². The largest absolute Gasteiger partial charge is 0.370 e. The molecule has 0 rings (SSSR count). The van der Waals surface area contributed by atoms with E-state index in [1.54, 1.807) is 0 Å². The number of nitrogens with two attached hydrogens (primary N) is 4. The summed E-state index contributed by atoms with van der Waals surface area (Å²) in [5.41, 5.74) is 21.5. The van der Waals surface area contributed by atoms with Crippen LogP contribution in [0.1, 0.15) is 32.1 Å². The molecular formula is C12H26N6O2. The van der Waals surface area contributed by atoms with Gasteiger partial charge in [-0.1, -0.05) is 6.42 Å². The molecule has 0 aliphatic heterocycles. The van der Waals surface area contributed by atoms with E-state index in [0.717, 1.165) is 12.8 Å². The molecule has 20 heavy (non-hydrogen) atoms. The van der Waals surface area contributed by atoms with E-state index in [1.807, 2.05) is 0 Å². The first-order chi connectivity index (χ1) is 9.51. The van der Waals surface area contributed by atoms with Gasteiger partial charge in [-0.15, -0.1) is 0 Å². The molecular weight excluding hydrogens is 260 g/mol. The Morgan fingerprint density at radius 3 is 2.45 bits per heavy atom. The van der Waals surface area contributed by atoms with Crippen molar-refractivity contribution >= 4 is 18.2 Å². The van der Waals surface area contributed by atoms with Crippen molar-refractivity contribution < 1.29 is 9.59 Å². The van der Waals surface area contributed by atoms with Gasteiger partial charge in [0.2, 0.25) is 5.91 Å². The Morgan fingerprint density at radius 1 is 1.20 bits per heavy atom. The molecule has 1 amide bonds. The van der Waals surface area contributed by atoms with Crippen molar-refractivity contribution in [3.05, 3.63) is 0 Å². The summed E-state index contributed by atoms with van der Waals surface area (Å²) in [6.45, 7) is 1.00. The summed E-state index contributed by atoms with van der Waals surface area (Å²) in [7, 11) is 0. The predicted molar refractivity (Wildman–Crippen MR) is 78.8 cm³/mol. The fraction of sp³-hybridized carbons (Fsp3) is 0.750. The maximum atomic E-state index is 11.8. The fourth-order valence-corrected chi connectivity index (χ4v) is 1.62. The number of hydrogen-bond acceptors (Lipinski definition) is 5. The van der Waals surface area contributed by atoms with Gasteiger partial charge in [0.1, 0.15) is 6.29 Å². The average Bonchev–Trinajstić information content (AvgIpc) is 2.41. The Balaban J connectivity index is 3.98. The van der Waals surface area contributed by atoms with Crippen LogP contribution in [0.2, 0.25) is 0 Å². The number of rotatable bonds is 11. The number of aliphatic imine (C=N–C) groups is 1. The molecule has 2 atom stereocenters. The number of guanidine groups is 1. The summed E-state index contributed by atoms with van der Waals surface area (Å²) >= 11 is 0. The van der Waals surface area contributed by atoms with Crippen molar-refractivity contribution in [2.75, 3.05) is 13.1 Å². The average molecular weight is 286 g/mol. The molecule has 0 aliphatic rings. The van der Waals surface area contributed by atoms with E-state index in [-0.39, 0.29) is 11.9 Å². The molecule has 0 fully saturated rings. The Kier molecular flexibility index (Phi) is 10.2. The van der Waals surface area contributed by atoms with E-state index >= 15 is 0 Å². The number of aldehydes is 1. The minimum absolute atomic E-state index is 0.0126. The lowest BCUT2D eigenvalue weighted by molar-refractivity contribution is -0.125. The van der Waals surface area contributed by atoms with Crippen LogP contribution in [0.4, 0.5) is 0 Å². The maximum Gasteiger partial charge on any atom is 0.237 e. The fourth-order valence-electron chi connectivity index (χ4n) is 1.62. The minimum atomic E-state index is -0.610. The van der Waals surface area contributed by atoms with Gasteiger partial charge in [-0.05, 0) is 32.2 Å². The number of nitrogens with one attached hydrogen (secondary N) is 1. The minimum Gasteiger partial charge on any atom is -0.370 e. The third kappa shape index (κ3) is 9.29. The first-order valence-corrected chi connectivity index (χ1v) is 6.78. The molecule has 0 radical (unpaired) electrons. The van der Waals surface area contributed by atoms with E-state index in [1.165, 1.54) is 0 Å². The van der Waals surface area contributed by atoms with Gasteiger partial charge < -0.3 is 33.0 Å². The first-order valence-electron chi connectivity index (χ1n) is 6.78. The number of unbranched alkanes of at least 4 members (excludes halogenated alkanes) is 1. The summed E-state index contributed by atoms with van der Waals surface area (Å²) in [6.07, 6.45) is 3.95. The summed E-state index contributed by atoms with van der Waals surface area (Å²) in [5, 5.41) is 2.61. The third-order valence-corrected chi connectivity index (χ3v) is 2.77. The summed E-state index contributed by atoms with van der Waals surface area (Å²) in [5.74, 6) is -0.306. The smallest absolute Gasteiger partial charge is 0.237 e. The second-order valence-corrected chi connectivity index (χ2v) is 4.59. The number of hydrogen-bond donors (Lipinski definition) is 5. The number of carbonyl (C=O) groups excluding carboxylic acids is 2. The summed E-state index contributed by atoms with van der Waals surface area (Å²) in [4.78, 5) is 26.4. The van der Waals surface area contributed by atoms with Crippen LogP contribution < -0.4 is 28.3 Å². The van der Waals surface area contributed by atoms with Gasteiger partial charge in [-0.3, -0.25) is 9.79 Å². The van der Waals surface area contributed by atoms with Crippen molar-refractivity contribution in [2.24, 2.45) is 27.9 Å². The van der Waals surface area contributed by atoms with Crippen molar-refractivity contribution in [3.8, 4) is 0 Å². The topological polar surface area (TPSA) is 163 Å². The van der Waals surface area contributed by atoms with Gasteiger partial charge in [0.05, 0.1) is 12.1 Å². The molecule has 9 N–H and O–H groups in total. The third-order valence-electron chi connectivity index (χ3n) is 2.77. The standard InChI is InChI=1S/C12H26N6O2/c13-6-2-1-5-10(14)11(20)18-9(8-19)4-3-7-17-12(15)16/h8-10H,1-7,13-14H2,(H,18,20)(H4,15,16,17). The lowest BCUT2D eigenvalue weighted by Gasteiger charge is -2.16. The highest BCUT2D eigenvalue weighted by Gasteiger charge is 2.17. The molecule has 8 heteroatoms. The molecule has 0 aliphatic carbocycles. The molecule has 0 spiro atoms. The predicted octanol–water partition coefficient (Wildman–Crippen LogP) is -1.82. The van der Waals surface area contributed by atoms with E-state index in [9.17, 15) is 9.59 Å². The Morgan fingerprint density at radius 2 is 1.90 bits per heavy atom. The van der Waals surface area contributed by atoms with E-state index in [0.29, 0.717) is 38.6 Å². The molecule has 0 aromatic rings. The summed E-state index contributed by atoms with van der Waals surface area (Å²) < 4.78 is 0.